The molecule has 3 saturated carbocycles. The molecule has 4 rings (SSSR count). The molecule has 0 N–H and O–H groups in total. The third-order valence-electron chi connectivity index (χ3n) is 7.92. The van der Waals surface area contributed by atoms with Crippen LogP contribution in [0.2, 0.25) is 0 Å². The molecule has 0 aliphatic heterocycles. The first-order valence-corrected chi connectivity index (χ1v) is 8.74. The number of fused-ring (bicyclic) bond motifs is 5. The fraction of sp³-hybridized carbons (Fsp3) is 0.842. The third kappa shape index (κ3) is 1.53. The molecule has 0 aromatic rings. The molecular weight excluding hydrogens is 244 g/mol. The predicted molar refractivity (Wildman–Crippen MR) is 81.3 cm³/mol. The highest BCUT2D eigenvalue weighted by atomic mass is 16.1. The molecule has 6 atom stereocenters. The van der Waals surface area contributed by atoms with Gasteiger partial charge >= 0.3 is 0 Å². The standard InChI is InChI=1S/C19H28O/c1-18-11-4-3-5-13(18)6-7-14-15-8-9-17(20)19(15,2)12-10-16(14)18/h3-4,13-16H,5-12H2,1-2H3/t13?,14-,15+,16+,18+,19+/m1/s1. The zero-order chi connectivity index (χ0) is 14.0. The molecule has 0 amide bonds. The Kier molecular flexibility index (Phi) is 2.76. The largest absolute Gasteiger partial charge is 0.299 e. The average molecular weight is 272 g/mol. The quantitative estimate of drug-likeness (QED) is 0.581. The molecule has 4 aliphatic carbocycles. The Morgan fingerprint density at radius 2 is 1.90 bits per heavy atom. The fourth-order valence-corrected chi connectivity index (χ4v) is 6.61. The van der Waals surface area contributed by atoms with Gasteiger partial charge in [0.1, 0.15) is 5.78 Å². The minimum Gasteiger partial charge on any atom is -0.299 e. The van der Waals surface area contributed by atoms with Gasteiger partial charge in [0, 0.05) is 11.8 Å². The molecule has 0 aromatic carbocycles. The predicted octanol–water partition coefficient (Wildman–Crippen LogP) is 4.76. The number of carbonyl (C=O) groups excluding carboxylic acids is 1. The minimum atomic E-state index is 0.0505. The molecule has 1 nitrogen and oxygen atoms in total. The van der Waals surface area contributed by atoms with Crippen molar-refractivity contribution in [1.29, 1.82) is 0 Å². The summed E-state index contributed by atoms with van der Waals surface area (Å²) in [5.41, 5.74) is 0.583. The molecule has 0 heterocycles. The number of hydrogen-bond donors (Lipinski definition) is 0. The van der Waals surface area contributed by atoms with Crippen LogP contribution >= 0.6 is 0 Å². The Bertz CT molecular complexity index is 464. The van der Waals surface area contributed by atoms with Crippen LogP contribution in [0.25, 0.3) is 0 Å². The van der Waals surface area contributed by atoms with Crippen molar-refractivity contribution in [2.75, 3.05) is 0 Å². The van der Waals surface area contributed by atoms with Crippen molar-refractivity contribution < 1.29 is 4.79 Å². The van der Waals surface area contributed by atoms with Crippen LogP contribution < -0.4 is 0 Å². The summed E-state index contributed by atoms with van der Waals surface area (Å²) >= 11 is 0. The first-order valence-electron chi connectivity index (χ1n) is 8.74. The van der Waals surface area contributed by atoms with E-state index >= 15 is 0 Å². The van der Waals surface area contributed by atoms with Gasteiger partial charge in [-0.1, -0.05) is 26.0 Å². The highest BCUT2D eigenvalue weighted by molar-refractivity contribution is 5.87. The van der Waals surface area contributed by atoms with E-state index < -0.39 is 0 Å². The van der Waals surface area contributed by atoms with E-state index in [-0.39, 0.29) is 5.41 Å². The normalized spacial score (nSPS) is 54.2. The Morgan fingerprint density at radius 1 is 1.05 bits per heavy atom. The van der Waals surface area contributed by atoms with Gasteiger partial charge in [-0.3, -0.25) is 4.79 Å². The lowest BCUT2D eigenvalue weighted by Crippen LogP contribution is -2.52. The summed E-state index contributed by atoms with van der Waals surface area (Å²) in [6.07, 6.45) is 14.8. The smallest absolute Gasteiger partial charge is 0.139 e. The van der Waals surface area contributed by atoms with E-state index in [1.54, 1.807) is 0 Å². The first kappa shape index (κ1) is 13.1. The van der Waals surface area contributed by atoms with Crippen LogP contribution in [0.3, 0.4) is 0 Å². The maximum Gasteiger partial charge on any atom is 0.139 e. The van der Waals surface area contributed by atoms with Crippen LogP contribution in [0, 0.1) is 34.5 Å². The van der Waals surface area contributed by atoms with E-state index in [1.165, 1.54) is 44.9 Å². The summed E-state index contributed by atoms with van der Waals surface area (Å²) in [7, 11) is 0. The number of allylic oxidation sites excluding steroid dienone is 2. The van der Waals surface area contributed by atoms with Crippen LogP contribution in [0.15, 0.2) is 12.2 Å². The minimum absolute atomic E-state index is 0.0505. The molecule has 1 unspecified atom stereocenters. The lowest BCUT2D eigenvalue weighted by atomic mass is 9.46. The van der Waals surface area contributed by atoms with Crippen molar-refractivity contribution in [3.05, 3.63) is 12.2 Å². The molecule has 3 fully saturated rings. The van der Waals surface area contributed by atoms with E-state index in [1.807, 2.05) is 0 Å². The van der Waals surface area contributed by atoms with Gasteiger partial charge in [-0.15, -0.1) is 0 Å². The fourth-order valence-electron chi connectivity index (χ4n) is 6.61. The second-order valence-electron chi connectivity index (χ2n) is 8.49. The van der Waals surface area contributed by atoms with Gasteiger partial charge in [0.15, 0.2) is 0 Å². The second-order valence-corrected chi connectivity index (χ2v) is 8.49. The van der Waals surface area contributed by atoms with E-state index in [9.17, 15) is 4.79 Å². The summed E-state index contributed by atoms with van der Waals surface area (Å²) in [5, 5.41) is 0. The molecule has 1 heteroatoms. The lowest BCUT2D eigenvalue weighted by Gasteiger charge is -2.58. The van der Waals surface area contributed by atoms with Gasteiger partial charge in [0.05, 0.1) is 0 Å². The lowest BCUT2D eigenvalue weighted by molar-refractivity contribution is -0.136. The van der Waals surface area contributed by atoms with E-state index in [2.05, 4.69) is 26.0 Å². The van der Waals surface area contributed by atoms with Crippen molar-refractivity contribution in [3.63, 3.8) is 0 Å². The van der Waals surface area contributed by atoms with Gasteiger partial charge in [0.2, 0.25) is 0 Å². The molecule has 110 valence electrons. The van der Waals surface area contributed by atoms with Crippen molar-refractivity contribution in [3.8, 4) is 0 Å². The SMILES string of the molecule is C[C@]12CC=CCC1CC[C@H]1[C@@H]2CC[C@]2(C)C(=O)CC[C@@H]12. The van der Waals surface area contributed by atoms with Crippen LogP contribution in [0.4, 0.5) is 0 Å². The summed E-state index contributed by atoms with van der Waals surface area (Å²) in [6.45, 7) is 4.86. The van der Waals surface area contributed by atoms with Gasteiger partial charge in [0.25, 0.3) is 0 Å². The molecule has 20 heavy (non-hydrogen) atoms. The molecule has 0 radical (unpaired) electrons. The monoisotopic (exact) mass is 272 g/mol. The zero-order valence-corrected chi connectivity index (χ0v) is 13.0. The molecule has 0 saturated heterocycles. The van der Waals surface area contributed by atoms with Crippen LogP contribution in [-0.2, 0) is 4.79 Å². The van der Waals surface area contributed by atoms with Crippen LogP contribution in [-0.4, -0.2) is 5.78 Å². The van der Waals surface area contributed by atoms with Gasteiger partial charge in [-0.25, -0.2) is 0 Å². The first-order chi connectivity index (χ1) is 9.56. The van der Waals surface area contributed by atoms with E-state index in [0.717, 1.165) is 24.2 Å². The van der Waals surface area contributed by atoms with E-state index in [0.29, 0.717) is 17.1 Å². The summed E-state index contributed by atoms with van der Waals surface area (Å²) in [4.78, 5) is 12.4. The summed E-state index contributed by atoms with van der Waals surface area (Å²) < 4.78 is 0. The Hall–Kier alpha value is -0.590. The van der Waals surface area contributed by atoms with Crippen molar-refractivity contribution in [2.45, 2.75) is 65.2 Å². The number of hydrogen-bond acceptors (Lipinski definition) is 1. The summed E-state index contributed by atoms with van der Waals surface area (Å²) in [5.74, 6) is 3.92. The third-order valence-corrected chi connectivity index (χ3v) is 7.92. The number of carbonyl (C=O) groups is 1. The molecular formula is C19H28O. The van der Waals surface area contributed by atoms with Gasteiger partial charge in [-0.2, -0.15) is 0 Å². The summed E-state index contributed by atoms with van der Waals surface area (Å²) in [6, 6.07) is 0. The average Bonchev–Trinajstić information content (AvgIpc) is 2.74. The van der Waals surface area contributed by atoms with Crippen LogP contribution in [0.5, 0.6) is 0 Å². The Morgan fingerprint density at radius 3 is 2.75 bits per heavy atom. The van der Waals surface area contributed by atoms with Crippen molar-refractivity contribution >= 4 is 5.78 Å². The number of ketones is 1. The molecule has 0 spiro atoms. The molecule has 0 bridgehead atoms. The zero-order valence-electron chi connectivity index (χ0n) is 13.0. The Labute approximate surface area is 123 Å². The maximum atomic E-state index is 12.4. The second kappa shape index (κ2) is 4.21. The highest BCUT2D eigenvalue weighted by Gasteiger charge is 2.59. The van der Waals surface area contributed by atoms with Gasteiger partial charge < -0.3 is 0 Å². The number of rotatable bonds is 0. The Balaban J connectivity index is 1.68. The molecule has 4 aliphatic rings. The molecule has 0 aromatic heterocycles. The van der Waals surface area contributed by atoms with E-state index in [4.69, 9.17) is 0 Å². The topological polar surface area (TPSA) is 17.1 Å². The van der Waals surface area contributed by atoms with Gasteiger partial charge in [-0.05, 0) is 74.0 Å². The highest BCUT2D eigenvalue weighted by Crippen LogP contribution is 2.64. The van der Waals surface area contributed by atoms with Crippen molar-refractivity contribution in [1.82, 2.24) is 0 Å². The van der Waals surface area contributed by atoms with Crippen molar-refractivity contribution in [2.24, 2.45) is 34.5 Å². The van der Waals surface area contributed by atoms with Crippen LogP contribution in [0.1, 0.15) is 65.2 Å². The maximum absolute atomic E-state index is 12.4. The number of Topliss-reactive ketones (excluding diaryl/α,β-unsaturated/α-hetero) is 1.